The highest BCUT2D eigenvalue weighted by Crippen LogP contribution is 2.13. The zero-order valence-electron chi connectivity index (χ0n) is 11.7. The number of rotatable bonds is 4. The molecule has 2 heterocycles. The van der Waals surface area contributed by atoms with Crippen LogP contribution in [0.3, 0.4) is 0 Å². The number of nitrogens with zero attached hydrogens (tertiary/aromatic N) is 2. The highest BCUT2D eigenvalue weighted by atomic mass is 16.2. The molecule has 2 saturated heterocycles. The van der Waals surface area contributed by atoms with Gasteiger partial charge in [-0.2, -0.15) is 0 Å². The fourth-order valence-electron chi connectivity index (χ4n) is 2.59. The lowest BCUT2D eigenvalue weighted by molar-refractivity contribution is -0.136. The van der Waals surface area contributed by atoms with Crippen LogP contribution in [-0.4, -0.2) is 74.5 Å². The summed E-state index contributed by atoms with van der Waals surface area (Å²) in [7, 11) is 1.86. The van der Waals surface area contributed by atoms with Crippen LogP contribution in [0.5, 0.6) is 0 Å². The first-order valence-electron chi connectivity index (χ1n) is 7.11. The predicted octanol–water partition coefficient (Wildman–Crippen LogP) is -1.12. The fraction of sp³-hybridized carbons (Fsp3) is 0.846. The summed E-state index contributed by atoms with van der Waals surface area (Å²) in [5.74, 6) is 0.188. The molecule has 6 heteroatoms. The van der Waals surface area contributed by atoms with Crippen molar-refractivity contribution in [1.29, 1.82) is 0 Å². The summed E-state index contributed by atoms with van der Waals surface area (Å²) in [5, 5.41) is 6.09. The van der Waals surface area contributed by atoms with Gasteiger partial charge < -0.3 is 15.5 Å². The van der Waals surface area contributed by atoms with Crippen LogP contribution in [0.15, 0.2) is 0 Å². The van der Waals surface area contributed by atoms with Gasteiger partial charge in [-0.05, 0) is 6.42 Å². The number of nitrogens with one attached hydrogen (secondary N) is 2. The zero-order chi connectivity index (χ0) is 13.7. The van der Waals surface area contributed by atoms with Gasteiger partial charge >= 0.3 is 0 Å². The molecule has 2 rings (SSSR count). The summed E-state index contributed by atoms with van der Waals surface area (Å²) >= 11 is 0. The molecule has 0 aromatic heterocycles. The largest absolute Gasteiger partial charge is 0.355 e. The number of hydrogen-bond donors (Lipinski definition) is 2. The molecule has 0 radical (unpaired) electrons. The average Bonchev–Trinajstić information content (AvgIpc) is 2.46. The Morgan fingerprint density at radius 2 is 2.16 bits per heavy atom. The van der Waals surface area contributed by atoms with E-state index in [1.165, 1.54) is 0 Å². The molecule has 0 spiro atoms. The molecule has 2 amide bonds. The van der Waals surface area contributed by atoms with Gasteiger partial charge in [0.15, 0.2) is 0 Å². The van der Waals surface area contributed by atoms with Crippen molar-refractivity contribution < 1.29 is 9.59 Å². The number of likely N-dealkylation sites (N-methyl/N-ethyl adjacent to an activating group) is 1. The number of carbonyl (C=O) groups excluding carboxylic acids is 2. The van der Waals surface area contributed by atoms with Crippen molar-refractivity contribution >= 4 is 11.8 Å². The molecule has 0 saturated carbocycles. The zero-order valence-corrected chi connectivity index (χ0v) is 11.7. The highest BCUT2D eigenvalue weighted by molar-refractivity contribution is 5.83. The number of piperidine rings is 1. The van der Waals surface area contributed by atoms with Crippen molar-refractivity contribution in [2.75, 3.05) is 52.9 Å². The van der Waals surface area contributed by atoms with Crippen LogP contribution in [0.2, 0.25) is 0 Å². The van der Waals surface area contributed by atoms with Gasteiger partial charge in [-0.15, -0.1) is 0 Å². The van der Waals surface area contributed by atoms with E-state index in [4.69, 9.17) is 0 Å². The smallest absolute Gasteiger partial charge is 0.227 e. The van der Waals surface area contributed by atoms with E-state index in [1.807, 2.05) is 11.9 Å². The van der Waals surface area contributed by atoms with E-state index in [2.05, 4.69) is 15.5 Å². The molecule has 2 fully saturated rings. The van der Waals surface area contributed by atoms with Gasteiger partial charge in [-0.3, -0.25) is 14.5 Å². The molecule has 1 atom stereocenters. The minimum Gasteiger partial charge on any atom is -0.355 e. The maximum absolute atomic E-state index is 12.2. The van der Waals surface area contributed by atoms with Crippen molar-refractivity contribution in [2.45, 2.75) is 12.8 Å². The van der Waals surface area contributed by atoms with E-state index < -0.39 is 0 Å². The first-order valence-corrected chi connectivity index (χ1v) is 7.11. The molecule has 19 heavy (non-hydrogen) atoms. The molecule has 0 aliphatic carbocycles. The monoisotopic (exact) mass is 268 g/mol. The number of hydrogen-bond acceptors (Lipinski definition) is 4. The summed E-state index contributed by atoms with van der Waals surface area (Å²) in [6.45, 7) is 6.38. The molecule has 6 nitrogen and oxygen atoms in total. The van der Waals surface area contributed by atoms with E-state index >= 15 is 0 Å². The summed E-state index contributed by atoms with van der Waals surface area (Å²) in [4.78, 5) is 27.5. The van der Waals surface area contributed by atoms with Crippen LogP contribution in [0.25, 0.3) is 0 Å². The summed E-state index contributed by atoms with van der Waals surface area (Å²) in [5.41, 5.74) is 0. The molecule has 0 aromatic rings. The van der Waals surface area contributed by atoms with Gasteiger partial charge in [0.2, 0.25) is 11.8 Å². The van der Waals surface area contributed by atoms with Crippen molar-refractivity contribution in [3.05, 3.63) is 0 Å². The Kier molecular flexibility index (Phi) is 5.15. The Morgan fingerprint density at radius 3 is 2.79 bits per heavy atom. The van der Waals surface area contributed by atoms with Gasteiger partial charge in [0.25, 0.3) is 0 Å². The summed E-state index contributed by atoms with van der Waals surface area (Å²) in [6.07, 6.45) is 1.16. The Balaban J connectivity index is 1.71. The lowest BCUT2D eigenvalue weighted by Crippen LogP contribution is -2.48. The maximum atomic E-state index is 12.2. The third-order valence-electron chi connectivity index (χ3n) is 3.95. The van der Waals surface area contributed by atoms with Crippen molar-refractivity contribution in [3.8, 4) is 0 Å². The Hall–Kier alpha value is -1.14. The van der Waals surface area contributed by atoms with E-state index in [0.717, 1.165) is 39.3 Å². The Bertz CT molecular complexity index is 319. The van der Waals surface area contributed by atoms with Crippen molar-refractivity contribution in [1.82, 2.24) is 20.4 Å². The average molecular weight is 268 g/mol. The third-order valence-corrected chi connectivity index (χ3v) is 3.95. The molecular weight excluding hydrogens is 244 g/mol. The minimum absolute atomic E-state index is 0.0364. The molecule has 1 unspecified atom stereocenters. The quantitative estimate of drug-likeness (QED) is 0.678. The second kappa shape index (κ2) is 6.86. The molecule has 2 aliphatic heterocycles. The van der Waals surface area contributed by atoms with E-state index in [1.54, 1.807) is 0 Å². The second-order valence-corrected chi connectivity index (χ2v) is 5.39. The molecule has 2 aliphatic rings. The number of amides is 2. The Morgan fingerprint density at radius 1 is 1.42 bits per heavy atom. The van der Waals surface area contributed by atoms with Crippen molar-refractivity contribution in [3.63, 3.8) is 0 Å². The van der Waals surface area contributed by atoms with Crippen molar-refractivity contribution in [2.24, 2.45) is 5.92 Å². The van der Waals surface area contributed by atoms with Gasteiger partial charge in [-0.1, -0.05) is 0 Å². The first-order chi connectivity index (χ1) is 9.16. The summed E-state index contributed by atoms with van der Waals surface area (Å²) < 4.78 is 0. The maximum Gasteiger partial charge on any atom is 0.227 e. The van der Waals surface area contributed by atoms with Crippen LogP contribution >= 0.6 is 0 Å². The lowest BCUT2D eigenvalue weighted by atomic mass is 9.98. The van der Waals surface area contributed by atoms with E-state index in [9.17, 15) is 9.59 Å². The fourth-order valence-corrected chi connectivity index (χ4v) is 2.59. The number of carbonyl (C=O) groups is 2. The predicted molar refractivity (Wildman–Crippen MR) is 72.7 cm³/mol. The van der Waals surface area contributed by atoms with Gasteiger partial charge in [0.05, 0.1) is 5.92 Å². The third kappa shape index (κ3) is 4.18. The molecule has 108 valence electrons. The highest BCUT2D eigenvalue weighted by Gasteiger charge is 2.26. The topological polar surface area (TPSA) is 64.7 Å². The van der Waals surface area contributed by atoms with Gasteiger partial charge in [-0.25, -0.2) is 0 Å². The van der Waals surface area contributed by atoms with Gasteiger partial charge in [0, 0.05) is 59.3 Å². The normalized spacial score (nSPS) is 24.9. The summed E-state index contributed by atoms with van der Waals surface area (Å²) in [6, 6.07) is 0. The number of piperazine rings is 1. The second-order valence-electron chi connectivity index (χ2n) is 5.39. The Labute approximate surface area is 114 Å². The van der Waals surface area contributed by atoms with Crippen LogP contribution in [0.1, 0.15) is 12.8 Å². The molecule has 0 aromatic carbocycles. The lowest BCUT2D eigenvalue weighted by Gasteiger charge is -2.31. The van der Waals surface area contributed by atoms with E-state index in [-0.39, 0.29) is 17.7 Å². The van der Waals surface area contributed by atoms with E-state index in [0.29, 0.717) is 19.4 Å². The van der Waals surface area contributed by atoms with Crippen LogP contribution in [0.4, 0.5) is 0 Å². The van der Waals surface area contributed by atoms with Gasteiger partial charge in [0.1, 0.15) is 0 Å². The van der Waals surface area contributed by atoms with Crippen LogP contribution in [0, 0.1) is 5.92 Å². The minimum atomic E-state index is -0.0364. The SMILES string of the molecule is CN(CCN1CCNCC1)C(=O)C1CCC(=O)NC1. The first kappa shape index (κ1) is 14.3. The molecular formula is C13H24N4O2. The van der Waals surface area contributed by atoms with Crippen LogP contribution < -0.4 is 10.6 Å². The standard InChI is InChI=1S/C13H24N4O2/c1-16(8-9-17-6-4-14-5-7-17)13(19)11-2-3-12(18)15-10-11/h11,14H,2-10H2,1H3,(H,15,18). The van der Waals surface area contributed by atoms with Crippen LogP contribution in [-0.2, 0) is 9.59 Å². The molecule has 2 N–H and O–H groups in total. The molecule has 0 bridgehead atoms.